The lowest BCUT2D eigenvalue weighted by atomic mass is 10.2. The smallest absolute Gasteiger partial charge is 0.277 e. The Morgan fingerprint density at radius 1 is 0.900 bits per heavy atom. The number of carbonyl (C=O) groups is 2. The second-order valence-electron chi connectivity index (χ2n) is 7.50. The van der Waals surface area contributed by atoms with Gasteiger partial charge in [-0.05, 0) is 29.8 Å². The zero-order valence-electron chi connectivity index (χ0n) is 16.8. The minimum Gasteiger partial charge on any atom is -0.395 e. The highest BCUT2D eigenvalue weighted by Crippen LogP contribution is 2.22. The molecular weight excluding hydrogens is 380 g/mol. The number of β-amino-alcohol motifs (C(OH)–C–C–N with tert-alkyl or cyclic N) is 1. The third-order valence-electron chi connectivity index (χ3n) is 5.47. The molecule has 0 bridgehead atoms. The summed E-state index contributed by atoms with van der Waals surface area (Å²) < 4.78 is 0. The molecule has 2 N–H and O–H groups in total. The number of imide groups is 1. The maximum Gasteiger partial charge on any atom is 0.277 e. The molecular formula is C23H26N4O3. The number of hydrogen-bond donors (Lipinski definition) is 2. The predicted octanol–water partition coefficient (Wildman–Crippen LogP) is 1.67. The second-order valence-corrected chi connectivity index (χ2v) is 7.50. The van der Waals surface area contributed by atoms with Crippen LogP contribution in [0.1, 0.15) is 5.56 Å². The maximum atomic E-state index is 12.2. The Bertz CT molecular complexity index is 919. The van der Waals surface area contributed by atoms with Gasteiger partial charge in [-0.25, -0.2) is 0 Å². The molecule has 0 unspecified atom stereocenters. The normalized spacial score (nSPS) is 17.4. The van der Waals surface area contributed by atoms with Gasteiger partial charge in [-0.2, -0.15) is 0 Å². The van der Waals surface area contributed by atoms with E-state index in [9.17, 15) is 9.59 Å². The van der Waals surface area contributed by atoms with Crippen LogP contribution >= 0.6 is 0 Å². The third-order valence-corrected chi connectivity index (χ3v) is 5.47. The van der Waals surface area contributed by atoms with E-state index in [1.54, 1.807) is 0 Å². The average Bonchev–Trinajstić information content (AvgIpc) is 3.03. The summed E-state index contributed by atoms with van der Waals surface area (Å²) in [5.74, 6) is -0.811. The number of hydrogen-bond acceptors (Lipinski definition) is 6. The van der Waals surface area contributed by atoms with Gasteiger partial charge in [-0.3, -0.25) is 19.4 Å². The zero-order valence-corrected chi connectivity index (χ0v) is 16.8. The number of rotatable bonds is 7. The fourth-order valence-electron chi connectivity index (χ4n) is 3.83. The van der Waals surface area contributed by atoms with Crippen LogP contribution in [0, 0.1) is 0 Å². The molecule has 4 rings (SSSR count). The van der Waals surface area contributed by atoms with Crippen molar-refractivity contribution in [2.45, 2.75) is 6.54 Å². The van der Waals surface area contributed by atoms with Crippen molar-refractivity contribution < 1.29 is 14.7 Å². The van der Waals surface area contributed by atoms with Crippen molar-refractivity contribution in [3.05, 3.63) is 71.9 Å². The predicted molar refractivity (Wildman–Crippen MR) is 116 cm³/mol. The van der Waals surface area contributed by atoms with Crippen LogP contribution in [-0.4, -0.2) is 66.1 Å². The standard InChI is InChI=1S/C23H26N4O3/c28-15-14-27-22(29)16-21(23(27)30)24-19-6-8-20(9-7-19)26-12-10-25(11-13-26)17-18-4-2-1-3-5-18/h1-9,16,24,28H,10-15,17H2. The molecule has 0 spiro atoms. The van der Waals surface area contributed by atoms with E-state index < -0.39 is 11.8 Å². The van der Waals surface area contributed by atoms with E-state index >= 15 is 0 Å². The summed E-state index contributed by atoms with van der Waals surface area (Å²) in [5.41, 5.74) is 3.47. The Morgan fingerprint density at radius 2 is 1.60 bits per heavy atom. The van der Waals surface area contributed by atoms with E-state index in [2.05, 4.69) is 39.4 Å². The van der Waals surface area contributed by atoms with Crippen LogP contribution in [0.2, 0.25) is 0 Å². The Morgan fingerprint density at radius 3 is 2.27 bits per heavy atom. The van der Waals surface area contributed by atoms with Gasteiger partial charge in [0, 0.05) is 50.2 Å². The van der Waals surface area contributed by atoms with Gasteiger partial charge in [0.2, 0.25) is 0 Å². The number of nitrogens with one attached hydrogen (secondary N) is 1. The minimum atomic E-state index is -0.410. The van der Waals surface area contributed by atoms with Crippen LogP contribution in [-0.2, 0) is 16.1 Å². The first-order chi connectivity index (χ1) is 14.6. The van der Waals surface area contributed by atoms with E-state index in [-0.39, 0.29) is 18.8 Å². The third kappa shape index (κ3) is 4.53. The molecule has 0 saturated carbocycles. The van der Waals surface area contributed by atoms with E-state index in [1.165, 1.54) is 11.6 Å². The topological polar surface area (TPSA) is 76.1 Å². The van der Waals surface area contributed by atoms with Crippen molar-refractivity contribution in [3.63, 3.8) is 0 Å². The zero-order chi connectivity index (χ0) is 20.9. The number of nitrogens with zero attached hydrogens (tertiary/aromatic N) is 3. The summed E-state index contributed by atoms with van der Waals surface area (Å²) >= 11 is 0. The summed E-state index contributed by atoms with van der Waals surface area (Å²) in [4.78, 5) is 29.9. The van der Waals surface area contributed by atoms with Crippen LogP contribution in [0.15, 0.2) is 66.4 Å². The quantitative estimate of drug-likeness (QED) is 0.682. The lowest BCUT2D eigenvalue weighted by Gasteiger charge is -2.36. The fourth-order valence-corrected chi connectivity index (χ4v) is 3.83. The Balaban J connectivity index is 1.31. The van der Waals surface area contributed by atoms with Gasteiger partial charge in [0.05, 0.1) is 13.2 Å². The summed E-state index contributed by atoms with van der Waals surface area (Å²) in [6.07, 6.45) is 1.28. The maximum absolute atomic E-state index is 12.2. The van der Waals surface area contributed by atoms with Crippen LogP contribution in [0.25, 0.3) is 0 Å². The summed E-state index contributed by atoms with van der Waals surface area (Å²) in [6, 6.07) is 18.4. The van der Waals surface area contributed by atoms with Crippen molar-refractivity contribution in [1.29, 1.82) is 0 Å². The molecule has 0 aromatic heterocycles. The molecule has 2 aliphatic heterocycles. The molecule has 7 nitrogen and oxygen atoms in total. The molecule has 156 valence electrons. The molecule has 1 saturated heterocycles. The van der Waals surface area contributed by atoms with Gasteiger partial charge in [-0.1, -0.05) is 30.3 Å². The van der Waals surface area contributed by atoms with Crippen molar-refractivity contribution in [3.8, 4) is 0 Å². The Kier molecular flexibility index (Phi) is 6.11. The average molecular weight is 406 g/mol. The lowest BCUT2D eigenvalue weighted by molar-refractivity contribution is -0.137. The Hall–Kier alpha value is -3.16. The van der Waals surface area contributed by atoms with Crippen LogP contribution in [0.3, 0.4) is 0 Å². The number of aliphatic hydroxyl groups excluding tert-OH is 1. The number of amides is 2. The van der Waals surface area contributed by atoms with Gasteiger partial charge in [0.25, 0.3) is 11.8 Å². The lowest BCUT2D eigenvalue weighted by Crippen LogP contribution is -2.45. The highest BCUT2D eigenvalue weighted by Gasteiger charge is 2.30. The first-order valence-corrected chi connectivity index (χ1v) is 10.2. The molecule has 2 aromatic rings. The van der Waals surface area contributed by atoms with Crippen LogP contribution < -0.4 is 10.2 Å². The summed E-state index contributed by atoms with van der Waals surface area (Å²) in [7, 11) is 0. The first-order valence-electron chi connectivity index (χ1n) is 10.2. The van der Waals surface area contributed by atoms with Crippen molar-refractivity contribution in [1.82, 2.24) is 9.80 Å². The van der Waals surface area contributed by atoms with Crippen molar-refractivity contribution in [2.24, 2.45) is 0 Å². The molecule has 2 aliphatic rings. The molecule has 2 amide bonds. The van der Waals surface area contributed by atoms with Gasteiger partial charge < -0.3 is 15.3 Å². The number of piperazine rings is 1. The minimum absolute atomic E-state index is 0.00847. The van der Waals surface area contributed by atoms with E-state index in [0.29, 0.717) is 0 Å². The SMILES string of the molecule is O=C1C=C(Nc2ccc(N3CCN(Cc4ccccc4)CC3)cc2)C(=O)N1CCO. The molecule has 1 fully saturated rings. The molecule has 7 heteroatoms. The second kappa shape index (κ2) is 9.11. The number of anilines is 2. The largest absolute Gasteiger partial charge is 0.395 e. The summed E-state index contributed by atoms with van der Waals surface area (Å²) in [6.45, 7) is 4.70. The molecule has 30 heavy (non-hydrogen) atoms. The van der Waals surface area contributed by atoms with E-state index in [0.717, 1.165) is 49.0 Å². The highest BCUT2D eigenvalue weighted by atomic mass is 16.3. The van der Waals surface area contributed by atoms with Crippen LogP contribution in [0.4, 0.5) is 11.4 Å². The van der Waals surface area contributed by atoms with Gasteiger partial charge >= 0.3 is 0 Å². The molecule has 0 radical (unpaired) electrons. The first kappa shape index (κ1) is 20.1. The fraction of sp³-hybridized carbons (Fsp3) is 0.304. The summed E-state index contributed by atoms with van der Waals surface area (Å²) in [5, 5.41) is 12.0. The number of benzene rings is 2. The molecule has 2 heterocycles. The Labute approximate surface area is 176 Å². The van der Waals surface area contributed by atoms with Crippen molar-refractivity contribution >= 4 is 23.2 Å². The number of aliphatic hydroxyl groups is 1. The highest BCUT2D eigenvalue weighted by molar-refractivity contribution is 6.17. The van der Waals surface area contributed by atoms with Gasteiger partial charge in [0.15, 0.2) is 0 Å². The molecule has 0 atom stereocenters. The molecule has 2 aromatic carbocycles. The molecule has 0 aliphatic carbocycles. The van der Waals surface area contributed by atoms with E-state index in [1.807, 2.05) is 30.3 Å². The van der Waals surface area contributed by atoms with Crippen LogP contribution in [0.5, 0.6) is 0 Å². The van der Waals surface area contributed by atoms with Crippen molar-refractivity contribution in [2.75, 3.05) is 49.5 Å². The van der Waals surface area contributed by atoms with Gasteiger partial charge in [-0.15, -0.1) is 0 Å². The van der Waals surface area contributed by atoms with E-state index in [4.69, 9.17) is 5.11 Å². The van der Waals surface area contributed by atoms with Gasteiger partial charge in [0.1, 0.15) is 5.70 Å². The monoisotopic (exact) mass is 406 g/mol. The number of carbonyl (C=O) groups excluding carboxylic acids is 2.